The van der Waals surface area contributed by atoms with E-state index < -0.39 is 11.9 Å². The van der Waals surface area contributed by atoms with Gasteiger partial charge in [-0.2, -0.15) is 0 Å². The molecule has 2 N–H and O–H groups in total. The highest BCUT2D eigenvalue weighted by atomic mass is 16.5. The number of aromatic nitrogens is 1. The van der Waals surface area contributed by atoms with Crippen LogP contribution in [-0.2, 0) is 4.74 Å². The van der Waals surface area contributed by atoms with E-state index in [9.17, 15) is 9.59 Å². The van der Waals surface area contributed by atoms with Crippen LogP contribution in [0.15, 0.2) is 18.2 Å². The van der Waals surface area contributed by atoms with E-state index in [0.717, 1.165) is 0 Å². The third-order valence-corrected chi connectivity index (χ3v) is 2.48. The number of aliphatic hydroxyl groups is 2. The number of rotatable bonds is 7. The number of nitrogens with zero attached hydrogens (tertiary/aromatic N) is 2. The van der Waals surface area contributed by atoms with Crippen molar-refractivity contribution < 1.29 is 24.5 Å². The largest absolute Gasteiger partial charge is 0.461 e. The highest BCUT2D eigenvalue weighted by Crippen LogP contribution is 2.05. The number of ether oxygens (including phenoxy) is 1. The molecule has 1 aromatic rings. The molecule has 0 atom stereocenters. The number of esters is 1. The topological polar surface area (TPSA) is 100.0 Å². The number of aliphatic hydroxyl groups excluding tert-OH is 2. The number of amides is 1. The molecule has 0 saturated carbocycles. The molecule has 0 spiro atoms. The fourth-order valence-electron chi connectivity index (χ4n) is 1.59. The third-order valence-electron chi connectivity index (χ3n) is 2.48. The summed E-state index contributed by atoms with van der Waals surface area (Å²) in [5.74, 6) is -1.06. The normalized spacial score (nSPS) is 10.2. The lowest BCUT2D eigenvalue weighted by Crippen LogP contribution is -2.36. The van der Waals surface area contributed by atoms with Crippen molar-refractivity contribution >= 4 is 11.9 Å². The molecule has 1 aromatic heterocycles. The fraction of sp³-hybridized carbons (Fsp3) is 0.462. The van der Waals surface area contributed by atoms with E-state index in [1.165, 1.54) is 23.1 Å². The van der Waals surface area contributed by atoms with Gasteiger partial charge in [-0.25, -0.2) is 9.78 Å². The Balaban J connectivity index is 2.91. The summed E-state index contributed by atoms with van der Waals surface area (Å²) in [5.41, 5.74) is 0.114. The first-order valence-electron chi connectivity index (χ1n) is 6.29. The molecule has 1 heterocycles. The van der Waals surface area contributed by atoms with E-state index in [4.69, 9.17) is 14.9 Å². The second kappa shape index (κ2) is 8.23. The average molecular weight is 282 g/mol. The Labute approximate surface area is 116 Å². The quantitative estimate of drug-likeness (QED) is 0.665. The van der Waals surface area contributed by atoms with E-state index in [1.807, 2.05) is 0 Å². The summed E-state index contributed by atoms with van der Waals surface area (Å²) < 4.78 is 4.81. The molecule has 0 aliphatic heterocycles. The lowest BCUT2D eigenvalue weighted by Gasteiger charge is -2.20. The molecule has 20 heavy (non-hydrogen) atoms. The Bertz CT molecular complexity index is 458. The van der Waals surface area contributed by atoms with Crippen LogP contribution in [-0.4, -0.2) is 64.9 Å². The summed E-state index contributed by atoms with van der Waals surface area (Å²) >= 11 is 0. The summed E-state index contributed by atoms with van der Waals surface area (Å²) in [6.45, 7) is 1.64. The highest BCUT2D eigenvalue weighted by molar-refractivity contribution is 5.94. The molecule has 0 fully saturated rings. The van der Waals surface area contributed by atoms with Crippen LogP contribution >= 0.6 is 0 Å². The second-order valence-corrected chi connectivity index (χ2v) is 3.87. The summed E-state index contributed by atoms with van der Waals surface area (Å²) in [4.78, 5) is 28.9. The van der Waals surface area contributed by atoms with Gasteiger partial charge >= 0.3 is 5.97 Å². The maximum Gasteiger partial charge on any atom is 0.356 e. The van der Waals surface area contributed by atoms with Crippen LogP contribution in [0, 0.1) is 0 Å². The van der Waals surface area contributed by atoms with Gasteiger partial charge < -0.3 is 19.8 Å². The Morgan fingerprint density at radius 3 is 2.35 bits per heavy atom. The summed E-state index contributed by atoms with van der Waals surface area (Å²) in [5, 5.41) is 17.8. The van der Waals surface area contributed by atoms with Gasteiger partial charge in [-0.1, -0.05) is 6.07 Å². The molecule has 0 radical (unpaired) electrons. The van der Waals surface area contributed by atoms with Gasteiger partial charge in [-0.15, -0.1) is 0 Å². The van der Waals surface area contributed by atoms with E-state index in [-0.39, 0.29) is 44.3 Å². The zero-order valence-corrected chi connectivity index (χ0v) is 11.3. The predicted molar refractivity (Wildman–Crippen MR) is 70.3 cm³/mol. The molecule has 0 aliphatic carbocycles. The third kappa shape index (κ3) is 4.29. The number of carbonyl (C=O) groups excluding carboxylic acids is 2. The highest BCUT2D eigenvalue weighted by Gasteiger charge is 2.18. The van der Waals surface area contributed by atoms with Crippen molar-refractivity contribution in [2.75, 3.05) is 32.9 Å². The van der Waals surface area contributed by atoms with Gasteiger partial charge in [0.25, 0.3) is 5.91 Å². The monoisotopic (exact) mass is 282 g/mol. The first kappa shape index (κ1) is 16.1. The molecule has 1 amide bonds. The van der Waals surface area contributed by atoms with Gasteiger partial charge in [0.05, 0.1) is 19.8 Å². The number of hydrogen-bond donors (Lipinski definition) is 2. The molecular formula is C13H18N2O5. The van der Waals surface area contributed by atoms with E-state index in [2.05, 4.69) is 4.98 Å². The number of hydrogen-bond acceptors (Lipinski definition) is 6. The van der Waals surface area contributed by atoms with Crippen LogP contribution in [0.5, 0.6) is 0 Å². The van der Waals surface area contributed by atoms with Crippen molar-refractivity contribution in [1.82, 2.24) is 9.88 Å². The fourth-order valence-corrected chi connectivity index (χ4v) is 1.59. The smallest absolute Gasteiger partial charge is 0.356 e. The van der Waals surface area contributed by atoms with Gasteiger partial charge in [0.2, 0.25) is 0 Å². The van der Waals surface area contributed by atoms with Crippen molar-refractivity contribution in [3.63, 3.8) is 0 Å². The zero-order valence-electron chi connectivity index (χ0n) is 11.3. The van der Waals surface area contributed by atoms with E-state index in [1.54, 1.807) is 6.92 Å². The molecule has 0 saturated heterocycles. The first-order chi connectivity index (χ1) is 9.63. The molecule has 0 aliphatic rings. The Hall–Kier alpha value is -1.99. The lowest BCUT2D eigenvalue weighted by atomic mass is 10.2. The van der Waals surface area contributed by atoms with Crippen LogP contribution in [0.25, 0.3) is 0 Å². The Kier molecular flexibility index (Phi) is 6.61. The van der Waals surface area contributed by atoms with Crippen LogP contribution in [0.4, 0.5) is 0 Å². The minimum Gasteiger partial charge on any atom is -0.461 e. The van der Waals surface area contributed by atoms with Crippen LogP contribution in [0.1, 0.15) is 27.9 Å². The van der Waals surface area contributed by atoms with E-state index in [0.29, 0.717) is 0 Å². The second-order valence-electron chi connectivity index (χ2n) is 3.87. The van der Waals surface area contributed by atoms with Crippen molar-refractivity contribution in [1.29, 1.82) is 0 Å². The molecular weight excluding hydrogens is 264 g/mol. The molecule has 1 rings (SSSR count). The van der Waals surface area contributed by atoms with Crippen molar-refractivity contribution in [3.8, 4) is 0 Å². The predicted octanol–water partition coefficient (Wildman–Crippen LogP) is -0.315. The number of pyridine rings is 1. The van der Waals surface area contributed by atoms with Crippen LogP contribution in [0.2, 0.25) is 0 Å². The minimum atomic E-state index is -0.599. The standard InChI is InChI=1S/C13H18N2O5/c1-2-20-13(19)11-5-3-4-10(14-11)12(18)15(6-8-16)7-9-17/h3-5,16-17H,2,6-9H2,1H3. The molecule has 0 aromatic carbocycles. The molecule has 0 unspecified atom stereocenters. The van der Waals surface area contributed by atoms with Crippen LogP contribution < -0.4 is 0 Å². The van der Waals surface area contributed by atoms with Crippen LogP contribution in [0.3, 0.4) is 0 Å². The molecule has 7 nitrogen and oxygen atoms in total. The Morgan fingerprint density at radius 2 is 1.80 bits per heavy atom. The SMILES string of the molecule is CCOC(=O)c1cccc(C(=O)N(CCO)CCO)n1. The van der Waals surface area contributed by atoms with Crippen molar-refractivity contribution in [2.24, 2.45) is 0 Å². The van der Waals surface area contributed by atoms with Gasteiger partial charge in [-0.3, -0.25) is 4.79 Å². The van der Waals surface area contributed by atoms with Gasteiger partial charge in [0, 0.05) is 13.1 Å². The Morgan fingerprint density at radius 1 is 1.20 bits per heavy atom. The molecule has 110 valence electrons. The summed E-state index contributed by atoms with van der Waals surface area (Å²) in [7, 11) is 0. The van der Waals surface area contributed by atoms with Gasteiger partial charge in [0.1, 0.15) is 11.4 Å². The molecule has 0 bridgehead atoms. The maximum absolute atomic E-state index is 12.1. The maximum atomic E-state index is 12.1. The minimum absolute atomic E-state index is 0.0469. The van der Waals surface area contributed by atoms with Crippen molar-refractivity contribution in [2.45, 2.75) is 6.92 Å². The van der Waals surface area contributed by atoms with Gasteiger partial charge in [-0.05, 0) is 19.1 Å². The summed E-state index contributed by atoms with van der Waals surface area (Å²) in [6.07, 6.45) is 0. The summed E-state index contributed by atoms with van der Waals surface area (Å²) in [6, 6.07) is 4.45. The average Bonchev–Trinajstić information content (AvgIpc) is 2.46. The molecule has 7 heteroatoms. The zero-order chi connectivity index (χ0) is 15.0. The number of carbonyl (C=O) groups is 2. The lowest BCUT2D eigenvalue weighted by molar-refractivity contribution is 0.0519. The van der Waals surface area contributed by atoms with Gasteiger partial charge in [0.15, 0.2) is 0 Å². The first-order valence-corrected chi connectivity index (χ1v) is 6.29. The van der Waals surface area contributed by atoms with Crippen molar-refractivity contribution in [3.05, 3.63) is 29.6 Å². The van der Waals surface area contributed by atoms with E-state index >= 15 is 0 Å².